The molecule has 0 aromatic heterocycles. The molecule has 3 nitrogen and oxygen atoms in total. The smallest absolute Gasteiger partial charge is 0.192 e. The van der Waals surface area contributed by atoms with Crippen molar-refractivity contribution in [1.82, 2.24) is 0 Å². The van der Waals surface area contributed by atoms with E-state index in [0.717, 1.165) is 24.8 Å². The predicted octanol–water partition coefficient (Wildman–Crippen LogP) is 0.950. The molecule has 3 heteroatoms. The first-order chi connectivity index (χ1) is 6.77. The Morgan fingerprint density at radius 2 is 2.00 bits per heavy atom. The molecule has 0 saturated carbocycles. The number of hydrogen-bond donors (Lipinski definition) is 2. The highest BCUT2D eigenvalue weighted by molar-refractivity contribution is 5.96. The minimum absolute atomic E-state index is 0.217. The number of hydrogen-bond acceptors (Lipinski definition) is 2. The summed E-state index contributed by atoms with van der Waals surface area (Å²) in [6, 6.07) is 6.65. The van der Waals surface area contributed by atoms with E-state index in [1.54, 1.807) is 24.3 Å². The molecule has 1 rings (SSSR count). The maximum atomic E-state index is 10.7. The van der Waals surface area contributed by atoms with Crippen LogP contribution in [0.4, 0.5) is 0 Å². The van der Waals surface area contributed by atoms with Crippen molar-refractivity contribution in [2.45, 2.75) is 26.2 Å². The van der Waals surface area contributed by atoms with Gasteiger partial charge in [0.25, 0.3) is 0 Å². The minimum Gasteiger partial charge on any atom is -0.625 e. The van der Waals surface area contributed by atoms with E-state index in [4.69, 9.17) is 5.11 Å². The molecular weight excluding hydrogens is 178 g/mol. The fourth-order valence-electron chi connectivity index (χ4n) is 1.27. The molecule has 0 aliphatic heterocycles. The first-order valence-electron chi connectivity index (χ1n) is 4.81. The van der Waals surface area contributed by atoms with Gasteiger partial charge in [-0.05, 0) is 30.7 Å². The number of nitrogens with one attached hydrogen (secondary N) is 1. The number of aromatic hydroxyl groups is 1. The monoisotopic (exact) mass is 193 g/mol. The van der Waals surface area contributed by atoms with Crippen LogP contribution in [0.15, 0.2) is 24.3 Å². The molecule has 0 fully saturated rings. The van der Waals surface area contributed by atoms with Crippen molar-refractivity contribution < 1.29 is 10.3 Å². The SMILES string of the molecule is CCCCC(=[NH+][O-])c1ccc(O)cc1. The van der Waals surface area contributed by atoms with E-state index in [1.165, 1.54) is 0 Å². The first kappa shape index (κ1) is 10.6. The molecule has 0 amide bonds. The van der Waals surface area contributed by atoms with Crippen LogP contribution >= 0.6 is 0 Å². The van der Waals surface area contributed by atoms with Gasteiger partial charge in [-0.3, -0.25) is 0 Å². The van der Waals surface area contributed by atoms with Crippen LogP contribution < -0.4 is 5.16 Å². The highest BCUT2D eigenvalue weighted by Crippen LogP contribution is 2.11. The Morgan fingerprint density at radius 1 is 1.36 bits per heavy atom. The lowest BCUT2D eigenvalue weighted by Crippen LogP contribution is -2.65. The Kier molecular flexibility index (Phi) is 3.98. The minimum atomic E-state index is 0.217. The van der Waals surface area contributed by atoms with Crippen LogP contribution in [0, 0.1) is 5.21 Å². The number of rotatable bonds is 4. The number of unbranched alkanes of at least 4 members (excludes halogenated alkanes) is 1. The molecule has 0 atom stereocenters. The Hall–Kier alpha value is -1.51. The van der Waals surface area contributed by atoms with Crippen LogP contribution in [-0.4, -0.2) is 10.8 Å². The van der Waals surface area contributed by atoms with Crippen molar-refractivity contribution in [2.75, 3.05) is 0 Å². The van der Waals surface area contributed by atoms with E-state index in [2.05, 4.69) is 6.92 Å². The Balaban J connectivity index is 2.75. The maximum Gasteiger partial charge on any atom is 0.192 e. The second-order valence-corrected chi connectivity index (χ2v) is 3.23. The van der Waals surface area contributed by atoms with Crippen LogP contribution in [0.5, 0.6) is 5.75 Å². The van der Waals surface area contributed by atoms with Gasteiger partial charge in [0.05, 0.1) is 0 Å². The van der Waals surface area contributed by atoms with Gasteiger partial charge in [-0.1, -0.05) is 13.3 Å². The van der Waals surface area contributed by atoms with Gasteiger partial charge in [0.1, 0.15) is 5.75 Å². The van der Waals surface area contributed by atoms with E-state index < -0.39 is 0 Å². The van der Waals surface area contributed by atoms with Crippen molar-refractivity contribution >= 4 is 5.71 Å². The van der Waals surface area contributed by atoms with Crippen molar-refractivity contribution in [2.24, 2.45) is 0 Å². The van der Waals surface area contributed by atoms with Crippen LogP contribution in [0.3, 0.4) is 0 Å². The fraction of sp³-hybridized carbons (Fsp3) is 0.364. The van der Waals surface area contributed by atoms with E-state index >= 15 is 0 Å². The molecular formula is C11H15NO2. The van der Waals surface area contributed by atoms with E-state index in [9.17, 15) is 5.21 Å². The molecule has 0 aliphatic rings. The topological polar surface area (TPSA) is 57.3 Å². The lowest BCUT2D eigenvalue weighted by Gasteiger charge is -2.01. The summed E-state index contributed by atoms with van der Waals surface area (Å²) in [7, 11) is 0. The summed E-state index contributed by atoms with van der Waals surface area (Å²) in [5, 5.41) is 21.7. The third-order valence-electron chi connectivity index (χ3n) is 2.12. The van der Waals surface area contributed by atoms with Gasteiger partial charge in [0.15, 0.2) is 5.71 Å². The van der Waals surface area contributed by atoms with Crippen molar-refractivity contribution in [3.05, 3.63) is 35.0 Å². The molecule has 76 valence electrons. The molecule has 0 heterocycles. The fourth-order valence-corrected chi connectivity index (χ4v) is 1.27. The third kappa shape index (κ3) is 2.76. The zero-order chi connectivity index (χ0) is 10.4. The normalized spacial score (nSPS) is 11.6. The van der Waals surface area contributed by atoms with E-state index in [1.807, 2.05) is 5.16 Å². The predicted molar refractivity (Wildman–Crippen MR) is 56.1 cm³/mol. The summed E-state index contributed by atoms with van der Waals surface area (Å²) in [6.07, 6.45) is 2.81. The molecule has 0 spiro atoms. The van der Waals surface area contributed by atoms with Gasteiger partial charge in [-0.2, -0.15) is 0 Å². The number of benzene rings is 1. The van der Waals surface area contributed by atoms with Crippen LogP contribution in [-0.2, 0) is 0 Å². The van der Waals surface area contributed by atoms with E-state index in [0.29, 0.717) is 5.71 Å². The zero-order valence-corrected chi connectivity index (χ0v) is 8.29. The van der Waals surface area contributed by atoms with Crippen molar-refractivity contribution in [3.8, 4) is 5.75 Å². The average Bonchev–Trinajstić information content (AvgIpc) is 2.21. The highest BCUT2D eigenvalue weighted by atomic mass is 16.4. The lowest BCUT2D eigenvalue weighted by molar-refractivity contribution is -0.374. The first-order valence-corrected chi connectivity index (χ1v) is 4.81. The van der Waals surface area contributed by atoms with Gasteiger partial charge < -0.3 is 10.3 Å². The van der Waals surface area contributed by atoms with Crippen LogP contribution in [0.1, 0.15) is 31.7 Å². The largest absolute Gasteiger partial charge is 0.625 e. The zero-order valence-electron chi connectivity index (χ0n) is 8.29. The summed E-state index contributed by atoms with van der Waals surface area (Å²) in [5.74, 6) is 0.217. The van der Waals surface area contributed by atoms with Gasteiger partial charge in [-0.15, -0.1) is 0 Å². The molecule has 0 saturated heterocycles. The highest BCUT2D eigenvalue weighted by Gasteiger charge is 2.06. The lowest BCUT2D eigenvalue weighted by atomic mass is 10.1. The quantitative estimate of drug-likeness (QED) is 0.425. The summed E-state index contributed by atoms with van der Waals surface area (Å²) >= 11 is 0. The molecule has 1 aromatic rings. The number of phenolic OH excluding ortho intramolecular Hbond substituents is 1. The van der Waals surface area contributed by atoms with Crippen LogP contribution in [0.25, 0.3) is 0 Å². The van der Waals surface area contributed by atoms with Crippen molar-refractivity contribution in [1.29, 1.82) is 0 Å². The average molecular weight is 193 g/mol. The molecule has 1 aromatic carbocycles. The molecule has 0 aliphatic carbocycles. The summed E-state index contributed by atoms with van der Waals surface area (Å²) < 4.78 is 0. The molecule has 0 bridgehead atoms. The third-order valence-corrected chi connectivity index (χ3v) is 2.12. The van der Waals surface area contributed by atoms with Crippen molar-refractivity contribution in [3.63, 3.8) is 0 Å². The Morgan fingerprint density at radius 3 is 2.50 bits per heavy atom. The Bertz CT molecular complexity index is 304. The molecule has 14 heavy (non-hydrogen) atoms. The molecule has 2 N–H and O–H groups in total. The van der Waals surface area contributed by atoms with Gasteiger partial charge in [0.2, 0.25) is 0 Å². The summed E-state index contributed by atoms with van der Waals surface area (Å²) in [4.78, 5) is 0. The standard InChI is InChI=1S/C11H15NO2/c1-2-3-4-11(12-14)9-5-7-10(13)8-6-9/h5-8,12H,2-4H2,1H3,(H-,13,14). The van der Waals surface area contributed by atoms with E-state index in [-0.39, 0.29) is 5.75 Å². The molecule has 0 unspecified atom stereocenters. The van der Waals surface area contributed by atoms with Crippen LogP contribution in [0.2, 0.25) is 0 Å². The summed E-state index contributed by atoms with van der Waals surface area (Å²) in [6.45, 7) is 2.08. The maximum absolute atomic E-state index is 10.7. The summed E-state index contributed by atoms with van der Waals surface area (Å²) in [5.41, 5.74) is 1.54. The molecule has 0 radical (unpaired) electrons. The van der Waals surface area contributed by atoms with Gasteiger partial charge in [-0.25, -0.2) is 5.16 Å². The van der Waals surface area contributed by atoms with Gasteiger partial charge >= 0.3 is 0 Å². The second-order valence-electron chi connectivity index (χ2n) is 3.23. The van der Waals surface area contributed by atoms with Gasteiger partial charge in [0, 0.05) is 12.0 Å². The number of phenols is 1. The Labute approximate surface area is 83.7 Å². The second kappa shape index (κ2) is 5.27.